The van der Waals surface area contributed by atoms with Gasteiger partial charge in [-0.3, -0.25) is 4.79 Å². The normalized spacial score (nSPS) is 18.9. The number of aliphatic hydroxyl groups is 1. The highest BCUT2D eigenvalue weighted by Gasteiger charge is 2.48. The van der Waals surface area contributed by atoms with E-state index in [1.165, 1.54) is 12.1 Å². The molecule has 1 aliphatic heterocycles. The first-order valence-corrected chi connectivity index (χ1v) is 10.7. The summed E-state index contributed by atoms with van der Waals surface area (Å²) in [6.07, 6.45) is 0.179. The summed E-state index contributed by atoms with van der Waals surface area (Å²) in [4.78, 5) is 15.0. The van der Waals surface area contributed by atoms with E-state index in [1.54, 1.807) is 24.1 Å². The average Bonchev–Trinajstić information content (AvgIpc) is 2.83. The van der Waals surface area contributed by atoms with Crippen molar-refractivity contribution in [2.24, 2.45) is 11.7 Å². The molecule has 0 saturated carbocycles. The zero-order valence-corrected chi connectivity index (χ0v) is 17.9. The van der Waals surface area contributed by atoms with Gasteiger partial charge in [0.1, 0.15) is 11.6 Å². The third-order valence-corrected chi connectivity index (χ3v) is 6.13. The zero-order chi connectivity index (χ0) is 22.7. The maximum atomic E-state index is 13.2. The van der Waals surface area contributed by atoms with E-state index >= 15 is 0 Å². The van der Waals surface area contributed by atoms with Crippen LogP contribution in [0.5, 0.6) is 5.75 Å². The van der Waals surface area contributed by atoms with Crippen molar-refractivity contribution in [3.63, 3.8) is 0 Å². The topological polar surface area (TPSA) is 75.8 Å². The molecule has 1 fully saturated rings. The number of benzene rings is 3. The van der Waals surface area contributed by atoms with Gasteiger partial charge in [-0.2, -0.15) is 0 Å². The summed E-state index contributed by atoms with van der Waals surface area (Å²) in [6.45, 7) is 0.444. The van der Waals surface area contributed by atoms with Crippen molar-refractivity contribution in [1.82, 2.24) is 0 Å². The van der Waals surface area contributed by atoms with Gasteiger partial charge >= 0.3 is 0 Å². The van der Waals surface area contributed by atoms with Crippen molar-refractivity contribution in [3.8, 4) is 5.75 Å². The number of anilines is 1. The lowest BCUT2D eigenvalue weighted by Crippen LogP contribution is -2.55. The summed E-state index contributed by atoms with van der Waals surface area (Å²) in [5.74, 6) is 0.179. The van der Waals surface area contributed by atoms with Crippen molar-refractivity contribution in [2.75, 3.05) is 12.0 Å². The maximum absolute atomic E-state index is 13.2. The van der Waals surface area contributed by atoms with E-state index in [0.717, 1.165) is 22.6 Å². The molecule has 3 atom stereocenters. The van der Waals surface area contributed by atoms with Crippen LogP contribution >= 0.6 is 0 Å². The fraction of sp³-hybridized carbons (Fsp3) is 0.269. The fourth-order valence-electron chi connectivity index (χ4n) is 4.28. The highest BCUT2D eigenvalue weighted by atomic mass is 19.1. The molecule has 32 heavy (non-hydrogen) atoms. The molecule has 3 aromatic rings. The fourth-order valence-corrected chi connectivity index (χ4v) is 4.28. The second-order valence-corrected chi connectivity index (χ2v) is 8.05. The molecular weight excluding hydrogens is 407 g/mol. The molecular formula is C26H27FN2O3. The molecule has 0 spiro atoms. The Hall–Kier alpha value is -3.22. The maximum Gasteiger partial charge on any atom is 0.233 e. The number of carbonyl (C=O) groups is 1. The second kappa shape index (κ2) is 9.51. The molecule has 1 unspecified atom stereocenters. The van der Waals surface area contributed by atoms with Gasteiger partial charge < -0.3 is 20.5 Å². The van der Waals surface area contributed by atoms with E-state index in [1.807, 2.05) is 48.5 Å². The SMILES string of the molecule is COc1ccc([C@@H]2[C@@H](CCC(O)c3ccc(F)cc3)C(=O)N2c2ccc(CN)cc2)cc1. The number of nitrogens with zero attached hydrogens (tertiary/aromatic N) is 1. The molecule has 0 aromatic heterocycles. The number of hydrogen-bond acceptors (Lipinski definition) is 4. The molecule has 3 N–H and O–H groups in total. The Morgan fingerprint density at radius 1 is 1.03 bits per heavy atom. The summed E-state index contributed by atoms with van der Waals surface area (Å²) >= 11 is 0. The first-order chi connectivity index (χ1) is 15.5. The van der Waals surface area contributed by atoms with Crippen LogP contribution in [0.2, 0.25) is 0 Å². The van der Waals surface area contributed by atoms with Crippen molar-refractivity contribution in [2.45, 2.75) is 31.5 Å². The van der Waals surface area contributed by atoms with Crippen LogP contribution in [0.1, 0.15) is 41.7 Å². The highest BCUT2D eigenvalue weighted by Crippen LogP contribution is 2.46. The predicted octanol–water partition coefficient (Wildman–Crippen LogP) is 4.51. The molecule has 166 valence electrons. The summed E-state index contributed by atoms with van der Waals surface area (Å²) in [7, 11) is 1.62. The van der Waals surface area contributed by atoms with E-state index in [-0.39, 0.29) is 23.7 Å². The lowest BCUT2D eigenvalue weighted by atomic mass is 9.78. The Kier molecular flexibility index (Phi) is 6.53. The molecule has 0 bridgehead atoms. The molecule has 0 aliphatic carbocycles. The summed E-state index contributed by atoms with van der Waals surface area (Å²) in [6, 6.07) is 21.1. The molecule has 1 saturated heterocycles. The van der Waals surface area contributed by atoms with E-state index < -0.39 is 6.10 Å². The van der Waals surface area contributed by atoms with Crippen molar-refractivity contribution >= 4 is 11.6 Å². The number of halogens is 1. The Bertz CT molecular complexity index is 1050. The van der Waals surface area contributed by atoms with Gasteiger partial charge in [-0.1, -0.05) is 36.4 Å². The number of rotatable bonds is 8. The van der Waals surface area contributed by atoms with Crippen LogP contribution in [0.25, 0.3) is 0 Å². The summed E-state index contributed by atoms with van der Waals surface area (Å²) in [5.41, 5.74) is 9.18. The number of nitrogens with two attached hydrogens (primary N) is 1. The molecule has 1 heterocycles. The predicted molar refractivity (Wildman–Crippen MR) is 122 cm³/mol. The average molecular weight is 435 g/mol. The minimum atomic E-state index is -0.752. The third kappa shape index (κ3) is 4.38. The number of hydrogen-bond donors (Lipinski definition) is 2. The Labute approximate surface area is 187 Å². The molecule has 3 aromatic carbocycles. The van der Waals surface area contributed by atoms with Crippen LogP contribution in [0.15, 0.2) is 72.8 Å². The van der Waals surface area contributed by atoms with Crippen molar-refractivity contribution < 1.29 is 19.0 Å². The van der Waals surface area contributed by atoms with Gasteiger partial charge in [0.05, 0.1) is 25.2 Å². The zero-order valence-electron chi connectivity index (χ0n) is 17.9. The molecule has 1 aliphatic rings. The largest absolute Gasteiger partial charge is 0.497 e. The number of ether oxygens (including phenoxy) is 1. The highest BCUT2D eigenvalue weighted by molar-refractivity contribution is 6.03. The Morgan fingerprint density at radius 2 is 1.69 bits per heavy atom. The Balaban J connectivity index is 1.55. The van der Waals surface area contributed by atoms with Crippen LogP contribution < -0.4 is 15.4 Å². The van der Waals surface area contributed by atoms with Gasteiger partial charge in [0.2, 0.25) is 5.91 Å². The molecule has 1 amide bonds. The monoisotopic (exact) mass is 434 g/mol. The minimum Gasteiger partial charge on any atom is -0.497 e. The lowest BCUT2D eigenvalue weighted by molar-refractivity contribution is -0.131. The standard InChI is InChI=1S/C26H27FN2O3/c1-32-22-12-6-19(7-13-22)25-23(14-15-24(30)18-4-8-20(27)9-5-18)26(31)29(25)21-10-2-17(16-28)3-11-21/h2-13,23-25,30H,14-16,28H2,1H3/t23-,24?,25-/m1/s1. The number of aliphatic hydroxyl groups excluding tert-OH is 1. The van der Waals surface area contributed by atoms with Gasteiger partial charge in [0.15, 0.2) is 0 Å². The van der Waals surface area contributed by atoms with Gasteiger partial charge in [-0.25, -0.2) is 4.39 Å². The van der Waals surface area contributed by atoms with Crippen LogP contribution in [-0.4, -0.2) is 18.1 Å². The van der Waals surface area contributed by atoms with Crippen LogP contribution in [0, 0.1) is 11.7 Å². The second-order valence-electron chi connectivity index (χ2n) is 8.05. The van der Waals surface area contributed by atoms with Gasteiger partial charge in [0, 0.05) is 12.2 Å². The van der Waals surface area contributed by atoms with Crippen LogP contribution in [0.4, 0.5) is 10.1 Å². The molecule has 6 heteroatoms. The first-order valence-electron chi connectivity index (χ1n) is 10.7. The molecule has 4 rings (SSSR count). The smallest absolute Gasteiger partial charge is 0.233 e. The number of carbonyl (C=O) groups excluding carboxylic acids is 1. The van der Waals surface area contributed by atoms with Gasteiger partial charge in [-0.15, -0.1) is 0 Å². The van der Waals surface area contributed by atoms with Crippen molar-refractivity contribution in [1.29, 1.82) is 0 Å². The lowest BCUT2D eigenvalue weighted by Gasteiger charge is -2.48. The van der Waals surface area contributed by atoms with Gasteiger partial charge in [-0.05, 0) is 65.9 Å². The number of methoxy groups -OCH3 is 1. The number of β-lactam (4-membered cyclic amide) rings is 1. The van der Waals surface area contributed by atoms with Crippen LogP contribution in [-0.2, 0) is 11.3 Å². The van der Waals surface area contributed by atoms with E-state index in [2.05, 4.69) is 0 Å². The van der Waals surface area contributed by atoms with E-state index in [9.17, 15) is 14.3 Å². The Morgan fingerprint density at radius 3 is 2.28 bits per heavy atom. The quantitative estimate of drug-likeness (QED) is 0.512. The first kappa shape index (κ1) is 22.0. The third-order valence-electron chi connectivity index (χ3n) is 6.13. The van der Waals surface area contributed by atoms with E-state index in [0.29, 0.717) is 24.9 Å². The molecule has 5 nitrogen and oxygen atoms in total. The summed E-state index contributed by atoms with van der Waals surface area (Å²) < 4.78 is 18.4. The number of amides is 1. The van der Waals surface area contributed by atoms with Crippen molar-refractivity contribution in [3.05, 3.63) is 95.3 Å². The summed E-state index contributed by atoms with van der Waals surface area (Å²) in [5, 5.41) is 10.6. The molecule has 0 radical (unpaired) electrons. The van der Waals surface area contributed by atoms with Crippen LogP contribution in [0.3, 0.4) is 0 Å². The van der Waals surface area contributed by atoms with Gasteiger partial charge in [0.25, 0.3) is 0 Å². The minimum absolute atomic E-state index is 0.0256. The van der Waals surface area contributed by atoms with E-state index in [4.69, 9.17) is 10.5 Å².